The summed E-state index contributed by atoms with van der Waals surface area (Å²) >= 11 is 0. The van der Waals surface area contributed by atoms with Gasteiger partial charge >= 0.3 is 0 Å². The number of hydrogen-bond donors (Lipinski definition) is 3. The maximum absolute atomic E-state index is 13.3. The van der Waals surface area contributed by atoms with Crippen LogP contribution >= 0.6 is 0 Å². The number of carbonyl (C=O) groups excluding carboxylic acids is 1. The van der Waals surface area contributed by atoms with E-state index in [2.05, 4.69) is 23.5 Å². The number of nitrogens with one attached hydrogen (secondary N) is 2. The number of hydrogen-bond acceptors (Lipinski definition) is 4. The minimum absolute atomic E-state index is 0.00660. The summed E-state index contributed by atoms with van der Waals surface area (Å²) < 4.78 is 11.0. The Kier molecular flexibility index (Phi) is 6.67. The van der Waals surface area contributed by atoms with E-state index in [4.69, 9.17) is 9.47 Å². The number of quaternary nitrogens is 1. The second-order valence-electron chi connectivity index (χ2n) is 9.96. The molecular weight excluding hydrogens is 440 g/mol. The third-order valence-electron chi connectivity index (χ3n) is 8.00. The van der Waals surface area contributed by atoms with Gasteiger partial charge in [0.25, 0.3) is 5.91 Å². The number of aliphatic hydroxyl groups is 1. The summed E-state index contributed by atoms with van der Waals surface area (Å²) in [6.45, 7) is 1.09. The van der Waals surface area contributed by atoms with E-state index in [9.17, 15) is 9.90 Å². The molecule has 0 radical (unpaired) electrons. The number of methoxy groups -OCH3 is 2. The molecular formula is C29H35N2O4+. The van der Waals surface area contributed by atoms with Crippen LogP contribution in [0.3, 0.4) is 0 Å². The normalized spacial score (nSPS) is 26.1. The van der Waals surface area contributed by atoms with Gasteiger partial charge in [0.05, 0.1) is 26.4 Å². The molecule has 2 aliphatic rings. The average Bonchev–Trinajstić information content (AvgIpc) is 2.88. The summed E-state index contributed by atoms with van der Waals surface area (Å²) in [7, 11) is 3.27. The van der Waals surface area contributed by atoms with Crippen LogP contribution < -0.4 is 19.7 Å². The molecule has 1 amide bonds. The second kappa shape index (κ2) is 9.88. The largest absolute Gasteiger partial charge is 0.493 e. The monoisotopic (exact) mass is 475 g/mol. The Bertz CT molecular complexity index is 1210. The van der Waals surface area contributed by atoms with Crippen molar-refractivity contribution in [1.29, 1.82) is 0 Å². The van der Waals surface area contributed by atoms with Crippen LogP contribution in [0, 0.1) is 5.92 Å². The molecule has 1 aliphatic carbocycles. The summed E-state index contributed by atoms with van der Waals surface area (Å²) in [6, 6.07) is 20.1. The van der Waals surface area contributed by atoms with E-state index >= 15 is 0 Å². The van der Waals surface area contributed by atoms with Crippen LogP contribution in [0.15, 0.2) is 60.7 Å². The molecule has 1 heterocycles. The fourth-order valence-electron chi connectivity index (χ4n) is 6.30. The molecule has 3 N–H and O–H groups in total. The summed E-state index contributed by atoms with van der Waals surface area (Å²) in [5.74, 6) is 1.45. The number of amides is 1. The molecule has 0 bridgehead atoms. The predicted molar refractivity (Wildman–Crippen MR) is 137 cm³/mol. The first kappa shape index (κ1) is 23.6. The third-order valence-corrected chi connectivity index (χ3v) is 8.00. The van der Waals surface area contributed by atoms with Gasteiger partial charge in [-0.15, -0.1) is 0 Å². The van der Waals surface area contributed by atoms with Crippen molar-refractivity contribution in [2.45, 2.75) is 43.7 Å². The fourth-order valence-corrected chi connectivity index (χ4v) is 6.30. The van der Waals surface area contributed by atoms with Crippen LogP contribution in [-0.2, 0) is 4.79 Å². The van der Waals surface area contributed by atoms with Gasteiger partial charge in [-0.05, 0) is 42.5 Å². The number of piperidine rings is 1. The average molecular weight is 476 g/mol. The zero-order valence-corrected chi connectivity index (χ0v) is 20.5. The van der Waals surface area contributed by atoms with Crippen molar-refractivity contribution in [2.75, 3.05) is 32.6 Å². The second-order valence-corrected chi connectivity index (χ2v) is 9.96. The molecule has 1 unspecified atom stereocenters. The minimum Gasteiger partial charge on any atom is -0.493 e. The highest BCUT2D eigenvalue weighted by Gasteiger charge is 2.52. The summed E-state index contributed by atoms with van der Waals surface area (Å²) in [5.41, 5.74) is 1.24. The highest BCUT2D eigenvalue weighted by Crippen LogP contribution is 2.45. The molecule has 1 saturated carbocycles. The quantitative estimate of drug-likeness (QED) is 0.508. The molecule has 0 aromatic heterocycles. The Balaban J connectivity index is 1.44. The molecule has 1 aliphatic heterocycles. The van der Waals surface area contributed by atoms with Gasteiger partial charge < -0.3 is 24.8 Å². The van der Waals surface area contributed by atoms with Gasteiger partial charge in [0.15, 0.2) is 18.0 Å². The maximum atomic E-state index is 13.3. The van der Waals surface area contributed by atoms with Gasteiger partial charge in [-0.3, -0.25) is 4.79 Å². The smallest absolute Gasteiger partial charge is 0.279 e. The zero-order valence-electron chi connectivity index (χ0n) is 20.5. The van der Waals surface area contributed by atoms with Crippen molar-refractivity contribution in [3.63, 3.8) is 0 Å². The minimum atomic E-state index is -0.675. The van der Waals surface area contributed by atoms with Crippen LogP contribution in [-0.4, -0.2) is 43.9 Å². The molecule has 6 heteroatoms. The first-order valence-electron chi connectivity index (χ1n) is 12.6. The summed E-state index contributed by atoms with van der Waals surface area (Å²) in [4.78, 5) is 14.5. The van der Waals surface area contributed by atoms with Crippen LogP contribution in [0.4, 0.5) is 5.69 Å². The van der Waals surface area contributed by atoms with Gasteiger partial charge in [-0.2, -0.15) is 0 Å². The van der Waals surface area contributed by atoms with Gasteiger partial charge in [0.2, 0.25) is 0 Å². The first-order chi connectivity index (χ1) is 17.0. The lowest BCUT2D eigenvalue weighted by molar-refractivity contribution is -0.937. The summed E-state index contributed by atoms with van der Waals surface area (Å²) in [5, 5.41) is 16.9. The van der Waals surface area contributed by atoms with Crippen LogP contribution in [0.1, 0.15) is 43.7 Å². The molecule has 3 aromatic carbocycles. The molecule has 1 saturated heterocycles. The lowest BCUT2D eigenvalue weighted by atomic mass is 9.66. The molecule has 3 aromatic rings. The molecule has 0 spiro atoms. The predicted octanol–water partition coefficient (Wildman–Crippen LogP) is 3.75. The number of rotatable bonds is 6. The maximum Gasteiger partial charge on any atom is 0.279 e. The Hall–Kier alpha value is -3.09. The molecule has 184 valence electrons. The lowest BCUT2D eigenvalue weighted by Crippen LogP contribution is -3.16. The summed E-state index contributed by atoms with van der Waals surface area (Å²) in [6.07, 6.45) is 4.67. The van der Waals surface area contributed by atoms with Gasteiger partial charge in [0, 0.05) is 29.0 Å². The van der Waals surface area contributed by atoms with Crippen LogP contribution in [0.25, 0.3) is 10.8 Å². The van der Waals surface area contributed by atoms with E-state index in [1.54, 1.807) is 14.2 Å². The van der Waals surface area contributed by atoms with E-state index in [-0.39, 0.29) is 17.9 Å². The number of anilines is 1. The fraction of sp³-hybridized carbons (Fsp3) is 0.414. The third kappa shape index (κ3) is 4.60. The van der Waals surface area contributed by atoms with Crippen molar-refractivity contribution in [1.82, 2.24) is 0 Å². The number of likely N-dealkylation sites (tertiary alicyclic amines) is 1. The van der Waals surface area contributed by atoms with Crippen molar-refractivity contribution >= 4 is 22.4 Å². The SMILES string of the molecule is COc1ccc([C@@H]2[C@H]3CCCC[C@@]3(O)CC[NH+]2CC(=O)Nc2cccc3ccccc23)cc1OC. The first-order valence-corrected chi connectivity index (χ1v) is 12.6. The highest BCUT2D eigenvalue weighted by atomic mass is 16.5. The molecule has 5 rings (SSSR count). The van der Waals surface area contributed by atoms with E-state index in [0.717, 1.165) is 60.7 Å². The van der Waals surface area contributed by atoms with E-state index in [0.29, 0.717) is 18.0 Å². The zero-order chi connectivity index (χ0) is 24.4. The molecule has 4 atom stereocenters. The van der Waals surface area contributed by atoms with Crippen LogP contribution in [0.5, 0.6) is 11.5 Å². The van der Waals surface area contributed by atoms with Gasteiger partial charge in [0.1, 0.15) is 6.04 Å². The van der Waals surface area contributed by atoms with E-state index < -0.39 is 5.60 Å². The molecule has 2 fully saturated rings. The van der Waals surface area contributed by atoms with Crippen molar-refractivity contribution in [3.8, 4) is 11.5 Å². The van der Waals surface area contributed by atoms with Crippen molar-refractivity contribution in [2.24, 2.45) is 5.92 Å². The van der Waals surface area contributed by atoms with Gasteiger partial charge in [-0.1, -0.05) is 49.2 Å². The van der Waals surface area contributed by atoms with E-state index in [1.807, 2.05) is 42.5 Å². The van der Waals surface area contributed by atoms with Crippen molar-refractivity contribution < 1.29 is 24.3 Å². The van der Waals surface area contributed by atoms with Gasteiger partial charge in [-0.25, -0.2) is 0 Å². The number of benzene rings is 3. The topological polar surface area (TPSA) is 72.2 Å². The van der Waals surface area contributed by atoms with Crippen LogP contribution in [0.2, 0.25) is 0 Å². The lowest BCUT2D eigenvalue weighted by Gasteiger charge is -2.50. The van der Waals surface area contributed by atoms with E-state index in [1.165, 1.54) is 4.90 Å². The highest BCUT2D eigenvalue weighted by molar-refractivity contribution is 6.02. The Labute approximate surface area is 206 Å². The molecule has 6 nitrogen and oxygen atoms in total. The molecule has 35 heavy (non-hydrogen) atoms. The number of carbonyl (C=O) groups is 1. The standard InChI is InChI=1S/C29H34N2O4/c1-34-25-14-13-21(18-26(25)35-2)28-23-11-5-6-15-29(23,33)16-17-31(28)19-27(32)30-24-12-7-9-20-8-3-4-10-22(20)24/h3-4,7-10,12-14,18,23,28,33H,5-6,11,15-17,19H2,1-2H3,(H,30,32)/p+1/t23-,28-,29-/m1/s1. The Morgan fingerprint density at radius 1 is 1.03 bits per heavy atom. The Morgan fingerprint density at radius 2 is 1.83 bits per heavy atom. The van der Waals surface area contributed by atoms with Crippen molar-refractivity contribution in [3.05, 3.63) is 66.2 Å². The Morgan fingerprint density at radius 3 is 2.66 bits per heavy atom. The number of ether oxygens (including phenoxy) is 2. The number of fused-ring (bicyclic) bond motifs is 2.